The molecule has 0 saturated heterocycles. The molecule has 0 aliphatic heterocycles. The minimum absolute atomic E-state index is 0.00862. The van der Waals surface area contributed by atoms with Crippen molar-refractivity contribution in [2.24, 2.45) is 0 Å². The number of carbonyl (C=O) groups is 1. The van der Waals surface area contributed by atoms with Crippen molar-refractivity contribution in [3.8, 4) is 0 Å². The van der Waals surface area contributed by atoms with Gasteiger partial charge in [0.1, 0.15) is 0 Å². The monoisotopic (exact) mass is 298 g/mol. The van der Waals surface area contributed by atoms with Gasteiger partial charge in [-0.25, -0.2) is 0 Å². The van der Waals surface area contributed by atoms with E-state index in [2.05, 4.69) is 24.4 Å². The molecule has 0 atom stereocenters. The summed E-state index contributed by atoms with van der Waals surface area (Å²) in [7, 11) is 0. The van der Waals surface area contributed by atoms with Crippen LogP contribution in [0.1, 0.15) is 29.3 Å². The Hall–Kier alpha value is -2.69. The second kappa shape index (κ2) is 7.36. The minimum Gasteiger partial charge on any atom is -0.385 e. The van der Waals surface area contributed by atoms with Crippen LogP contribution in [0.25, 0.3) is 0 Å². The van der Waals surface area contributed by atoms with Crippen LogP contribution >= 0.6 is 0 Å². The number of ketones is 1. The summed E-state index contributed by atoms with van der Waals surface area (Å²) < 4.78 is 0. The molecule has 0 heterocycles. The van der Waals surface area contributed by atoms with Crippen LogP contribution in [-0.4, -0.2) is 17.3 Å². The highest BCUT2D eigenvalue weighted by atomic mass is 16.6. The van der Waals surface area contributed by atoms with Gasteiger partial charge in [0.15, 0.2) is 5.78 Å². The van der Waals surface area contributed by atoms with Crippen molar-refractivity contribution < 1.29 is 9.72 Å². The number of nitrogens with zero attached hydrogens (tertiary/aromatic N) is 1. The number of Topliss-reactive ketones (excluding diaryl/α,β-unsaturated/α-hetero) is 1. The van der Waals surface area contributed by atoms with Crippen molar-refractivity contribution in [1.29, 1.82) is 0 Å². The molecule has 5 heteroatoms. The van der Waals surface area contributed by atoms with E-state index in [-0.39, 0.29) is 11.5 Å². The van der Waals surface area contributed by atoms with Crippen molar-refractivity contribution in [3.63, 3.8) is 0 Å². The average molecular weight is 298 g/mol. The predicted molar refractivity (Wildman–Crippen MR) is 86.4 cm³/mol. The van der Waals surface area contributed by atoms with Crippen LogP contribution in [0, 0.1) is 10.1 Å². The first-order chi connectivity index (χ1) is 10.6. The van der Waals surface area contributed by atoms with Crippen LogP contribution in [0.3, 0.4) is 0 Å². The molecule has 0 unspecified atom stereocenters. The van der Waals surface area contributed by atoms with Gasteiger partial charge >= 0.3 is 0 Å². The van der Waals surface area contributed by atoms with Gasteiger partial charge in [0.2, 0.25) is 0 Å². The van der Waals surface area contributed by atoms with Gasteiger partial charge in [-0.1, -0.05) is 19.1 Å². The molecule has 0 saturated carbocycles. The summed E-state index contributed by atoms with van der Waals surface area (Å²) in [5.74, 6) is -0.0347. The average Bonchev–Trinajstić information content (AvgIpc) is 2.55. The molecule has 0 spiro atoms. The number of rotatable bonds is 7. The highest BCUT2D eigenvalue weighted by molar-refractivity contribution is 5.96. The fraction of sp³-hybridized carbons (Fsp3) is 0.235. The topological polar surface area (TPSA) is 72.2 Å². The largest absolute Gasteiger partial charge is 0.385 e. The molecule has 0 aliphatic rings. The van der Waals surface area contributed by atoms with E-state index in [0.29, 0.717) is 18.5 Å². The number of anilines is 1. The van der Waals surface area contributed by atoms with Gasteiger partial charge in [0, 0.05) is 36.3 Å². The van der Waals surface area contributed by atoms with Gasteiger partial charge in [-0.05, 0) is 36.2 Å². The summed E-state index contributed by atoms with van der Waals surface area (Å²) >= 11 is 0. The van der Waals surface area contributed by atoms with Crippen molar-refractivity contribution in [2.75, 3.05) is 11.9 Å². The Morgan fingerprint density at radius 2 is 1.73 bits per heavy atom. The van der Waals surface area contributed by atoms with Crippen LogP contribution in [0.2, 0.25) is 0 Å². The number of benzene rings is 2. The first-order valence-electron chi connectivity index (χ1n) is 7.20. The molecule has 0 aliphatic carbocycles. The zero-order valence-corrected chi connectivity index (χ0v) is 12.4. The Morgan fingerprint density at radius 3 is 2.27 bits per heavy atom. The molecular weight excluding hydrogens is 280 g/mol. The van der Waals surface area contributed by atoms with E-state index in [1.165, 1.54) is 29.8 Å². The summed E-state index contributed by atoms with van der Waals surface area (Å²) in [5.41, 5.74) is 2.74. The Bertz CT molecular complexity index is 649. The van der Waals surface area contributed by atoms with Crippen LogP contribution in [0.15, 0.2) is 48.5 Å². The molecular formula is C17H18N2O3. The van der Waals surface area contributed by atoms with Crippen molar-refractivity contribution in [3.05, 3.63) is 69.8 Å². The molecule has 0 radical (unpaired) electrons. The maximum absolute atomic E-state index is 12.0. The third kappa shape index (κ3) is 4.15. The second-order valence-corrected chi connectivity index (χ2v) is 4.95. The lowest BCUT2D eigenvalue weighted by molar-refractivity contribution is -0.384. The van der Waals surface area contributed by atoms with Crippen LogP contribution in [-0.2, 0) is 6.42 Å². The minimum atomic E-state index is -0.476. The summed E-state index contributed by atoms with van der Waals surface area (Å²) in [6.07, 6.45) is 1.34. The number of carbonyl (C=O) groups excluding carboxylic acids is 1. The third-order valence-electron chi connectivity index (χ3n) is 3.44. The van der Waals surface area contributed by atoms with Gasteiger partial charge in [-0.3, -0.25) is 14.9 Å². The smallest absolute Gasteiger partial charge is 0.269 e. The zero-order chi connectivity index (χ0) is 15.9. The Morgan fingerprint density at radius 1 is 1.09 bits per heavy atom. The summed E-state index contributed by atoms with van der Waals surface area (Å²) in [6.45, 7) is 2.63. The SMILES string of the molecule is CCc1ccc(NCCC(=O)c2ccc([N+](=O)[O-])cc2)cc1. The van der Waals surface area contributed by atoms with Gasteiger partial charge in [-0.2, -0.15) is 0 Å². The highest BCUT2D eigenvalue weighted by Crippen LogP contribution is 2.14. The van der Waals surface area contributed by atoms with Crippen LogP contribution in [0.4, 0.5) is 11.4 Å². The fourth-order valence-corrected chi connectivity index (χ4v) is 2.09. The lowest BCUT2D eigenvalue weighted by atomic mass is 10.1. The van der Waals surface area contributed by atoms with E-state index >= 15 is 0 Å². The number of nitrogens with one attached hydrogen (secondary N) is 1. The van der Waals surface area contributed by atoms with E-state index in [1.807, 2.05) is 12.1 Å². The van der Waals surface area contributed by atoms with Crippen molar-refractivity contribution in [1.82, 2.24) is 0 Å². The molecule has 1 N–H and O–H groups in total. The lowest BCUT2D eigenvalue weighted by Gasteiger charge is -2.07. The number of aryl methyl sites for hydroxylation is 1. The molecule has 0 amide bonds. The van der Waals surface area contributed by atoms with Gasteiger partial charge < -0.3 is 5.32 Å². The Kier molecular flexibility index (Phi) is 5.25. The van der Waals surface area contributed by atoms with Gasteiger partial charge in [0.05, 0.1) is 4.92 Å². The highest BCUT2D eigenvalue weighted by Gasteiger charge is 2.09. The molecule has 0 fully saturated rings. The summed E-state index contributed by atoms with van der Waals surface area (Å²) in [5, 5.41) is 13.8. The second-order valence-electron chi connectivity index (χ2n) is 4.95. The zero-order valence-electron chi connectivity index (χ0n) is 12.4. The Balaban J connectivity index is 1.85. The number of nitro benzene ring substituents is 1. The molecule has 2 aromatic rings. The molecule has 0 bridgehead atoms. The van der Waals surface area contributed by atoms with Gasteiger partial charge in [0.25, 0.3) is 5.69 Å². The number of nitro groups is 1. The van der Waals surface area contributed by atoms with E-state index in [0.717, 1.165) is 12.1 Å². The molecule has 5 nitrogen and oxygen atoms in total. The van der Waals surface area contributed by atoms with Crippen LogP contribution < -0.4 is 5.32 Å². The standard InChI is InChI=1S/C17H18N2O3/c1-2-13-3-7-15(8-4-13)18-12-11-17(20)14-5-9-16(10-6-14)19(21)22/h3-10,18H,2,11-12H2,1H3. The normalized spacial score (nSPS) is 10.2. The number of hydrogen-bond acceptors (Lipinski definition) is 4. The van der Waals surface area contributed by atoms with Crippen molar-refractivity contribution >= 4 is 17.2 Å². The van der Waals surface area contributed by atoms with Crippen LogP contribution in [0.5, 0.6) is 0 Å². The predicted octanol–water partition coefficient (Wildman–Crippen LogP) is 3.84. The lowest BCUT2D eigenvalue weighted by Crippen LogP contribution is -2.09. The first kappa shape index (κ1) is 15.7. The summed E-state index contributed by atoms with van der Waals surface area (Å²) in [4.78, 5) is 22.1. The molecule has 22 heavy (non-hydrogen) atoms. The van der Waals surface area contributed by atoms with E-state index in [1.54, 1.807) is 0 Å². The molecule has 114 valence electrons. The molecule has 0 aromatic heterocycles. The quantitative estimate of drug-likeness (QED) is 0.479. The Labute approximate surface area is 129 Å². The number of hydrogen-bond donors (Lipinski definition) is 1. The van der Waals surface area contributed by atoms with E-state index in [9.17, 15) is 14.9 Å². The third-order valence-corrected chi connectivity index (χ3v) is 3.44. The molecule has 2 rings (SSSR count). The van der Waals surface area contributed by atoms with Gasteiger partial charge in [-0.15, -0.1) is 0 Å². The summed E-state index contributed by atoms with van der Waals surface area (Å²) in [6, 6.07) is 13.8. The van der Waals surface area contributed by atoms with E-state index < -0.39 is 4.92 Å². The fourth-order valence-electron chi connectivity index (χ4n) is 2.09. The van der Waals surface area contributed by atoms with E-state index in [4.69, 9.17) is 0 Å². The van der Waals surface area contributed by atoms with Crippen molar-refractivity contribution in [2.45, 2.75) is 19.8 Å². The maximum atomic E-state index is 12.0. The maximum Gasteiger partial charge on any atom is 0.269 e. The number of non-ortho nitro benzene ring substituents is 1. The molecule has 2 aromatic carbocycles. The first-order valence-corrected chi connectivity index (χ1v) is 7.20.